The van der Waals surface area contributed by atoms with Crippen molar-refractivity contribution in [1.82, 2.24) is 0 Å². The maximum absolute atomic E-state index is 6.25. The molecule has 18 heavy (non-hydrogen) atoms. The van der Waals surface area contributed by atoms with Crippen LogP contribution in [0, 0.1) is 0 Å². The van der Waals surface area contributed by atoms with Gasteiger partial charge in [-0.05, 0) is 45.6 Å². The molecule has 2 nitrogen and oxygen atoms in total. The van der Waals surface area contributed by atoms with Crippen molar-refractivity contribution < 1.29 is 4.74 Å². The molecule has 3 rings (SSSR count). The van der Waals surface area contributed by atoms with Gasteiger partial charge >= 0.3 is 0 Å². The number of hydrogen-bond donors (Lipinski definition) is 1. The summed E-state index contributed by atoms with van der Waals surface area (Å²) >= 11 is 8.72. The molecule has 0 bridgehead atoms. The number of ether oxygens (including phenoxy) is 1. The first-order valence-corrected chi connectivity index (χ1v) is 8.06. The van der Waals surface area contributed by atoms with Crippen LogP contribution in [0.15, 0.2) is 38.6 Å². The molecule has 0 spiro atoms. The second-order valence-electron chi connectivity index (χ2n) is 4.26. The topological polar surface area (TPSA) is 35.2 Å². The summed E-state index contributed by atoms with van der Waals surface area (Å²) in [5.41, 5.74) is 7.33. The van der Waals surface area contributed by atoms with Crippen LogP contribution < -0.4 is 10.5 Å². The van der Waals surface area contributed by atoms with E-state index in [1.807, 2.05) is 24.3 Å². The first-order valence-electron chi connectivity index (χ1n) is 5.59. The van der Waals surface area contributed by atoms with Crippen LogP contribution in [0.5, 0.6) is 5.75 Å². The first kappa shape index (κ1) is 12.7. The minimum absolute atomic E-state index is 0.0187. The lowest BCUT2D eigenvalue weighted by Crippen LogP contribution is -2.23. The van der Waals surface area contributed by atoms with Crippen molar-refractivity contribution in [2.75, 3.05) is 0 Å². The average Bonchev–Trinajstić information content (AvgIpc) is 2.76. The van der Waals surface area contributed by atoms with Gasteiger partial charge in [0.25, 0.3) is 0 Å². The van der Waals surface area contributed by atoms with Crippen LogP contribution in [0.3, 0.4) is 0 Å². The SMILES string of the molecule is NC1CC(c2sccc2Br)Oc2ccc(Br)cc21. The molecule has 2 aromatic rings. The Morgan fingerprint density at radius 3 is 2.83 bits per heavy atom. The van der Waals surface area contributed by atoms with E-state index in [0.717, 1.165) is 26.7 Å². The zero-order chi connectivity index (χ0) is 12.7. The molecule has 5 heteroatoms. The normalized spacial score (nSPS) is 22.4. The molecule has 0 amide bonds. The van der Waals surface area contributed by atoms with Gasteiger partial charge in [-0.1, -0.05) is 15.9 Å². The fourth-order valence-corrected chi connectivity index (χ4v) is 4.22. The molecule has 94 valence electrons. The third-order valence-electron chi connectivity index (χ3n) is 3.05. The Morgan fingerprint density at radius 1 is 1.28 bits per heavy atom. The van der Waals surface area contributed by atoms with E-state index in [-0.39, 0.29) is 12.1 Å². The van der Waals surface area contributed by atoms with Crippen molar-refractivity contribution >= 4 is 43.2 Å². The van der Waals surface area contributed by atoms with Crippen LogP contribution in [0.2, 0.25) is 0 Å². The van der Waals surface area contributed by atoms with Crippen LogP contribution in [0.4, 0.5) is 0 Å². The Kier molecular flexibility index (Phi) is 3.49. The Labute approximate surface area is 126 Å². The van der Waals surface area contributed by atoms with Crippen molar-refractivity contribution in [1.29, 1.82) is 0 Å². The molecule has 2 unspecified atom stereocenters. The van der Waals surface area contributed by atoms with E-state index in [2.05, 4.69) is 37.2 Å². The summed E-state index contributed by atoms with van der Waals surface area (Å²) in [6.07, 6.45) is 0.853. The molecule has 0 radical (unpaired) electrons. The van der Waals surface area contributed by atoms with Gasteiger partial charge in [-0.2, -0.15) is 0 Å². The Morgan fingerprint density at radius 2 is 2.11 bits per heavy atom. The molecule has 0 fully saturated rings. The molecule has 0 aliphatic carbocycles. The van der Waals surface area contributed by atoms with Crippen LogP contribution in [-0.2, 0) is 0 Å². The predicted octanol–water partition coefficient (Wildman–Crippen LogP) is 4.80. The quantitative estimate of drug-likeness (QED) is 0.761. The number of halogens is 2. The van der Waals surface area contributed by atoms with Crippen molar-refractivity contribution in [2.45, 2.75) is 18.6 Å². The molecule has 1 aromatic carbocycles. The molecule has 1 aliphatic rings. The van der Waals surface area contributed by atoms with Crippen molar-refractivity contribution in [3.05, 3.63) is 49.0 Å². The molecule has 0 saturated heterocycles. The highest BCUT2D eigenvalue weighted by atomic mass is 79.9. The summed E-state index contributed by atoms with van der Waals surface area (Å²) in [7, 11) is 0. The molecule has 2 N–H and O–H groups in total. The standard InChI is InChI=1S/C13H11Br2NOS/c14-7-1-2-11-8(5-7)10(16)6-12(17-11)13-9(15)3-4-18-13/h1-5,10,12H,6,16H2. The van der Waals surface area contributed by atoms with Crippen LogP contribution in [0.25, 0.3) is 0 Å². The van der Waals surface area contributed by atoms with Gasteiger partial charge in [0.2, 0.25) is 0 Å². The maximum atomic E-state index is 6.25. The number of benzene rings is 1. The summed E-state index contributed by atoms with van der Waals surface area (Å²) in [5.74, 6) is 0.891. The highest BCUT2D eigenvalue weighted by Crippen LogP contribution is 2.43. The Balaban J connectivity index is 1.97. The molecular weight excluding hydrogens is 378 g/mol. The molecule has 2 heterocycles. The summed E-state index contributed by atoms with van der Waals surface area (Å²) in [6, 6.07) is 8.07. The van der Waals surface area contributed by atoms with E-state index < -0.39 is 0 Å². The number of hydrogen-bond acceptors (Lipinski definition) is 3. The lowest BCUT2D eigenvalue weighted by atomic mass is 9.97. The van der Waals surface area contributed by atoms with Gasteiger partial charge in [0.15, 0.2) is 0 Å². The number of thiophene rings is 1. The van der Waals surface area contributed by atoms with Gasteiger partial charge in [0.1, 0.15) is 11.9 Å². The molecule has 1 aliphatic heterocycles. The van der Waals surface area contributed by atoms with E-state index in [1.165, 1.54) is 4.88 Å². The van der Waals surface area contributed by atoms with Gasteiger partial charge < -0.3 is 10.5 Å². The highest BCUT2D eigenvalue weighted by Gasteiger charge is 2.29. The first-order chi connectivity index (χ1) is 8.65. The van der Waals surface area contributed by atoms with Gasteiger partial charge in [-0.15, -0.1) is 11.3 Å². The second-order valence-corrected chi connectivity index (χ2v) is 6.98. The summed E-state index contributed by atoms with van der Waals surface area (Å²) < 4.78 is 8.20. The summed E-state index contributed by atoms with van der Waals surface area (Å²) in [4.78, 5) is 1.21. The van der Waals surface area contributed by atoms with Gasteiger partial charge in [-0.3, -0.25) is 0 Å². The lowest BCUT2D eigenvalue weighted by Gasteiger charge is -2.30. The summed E-state index contributed by atoms with van der Waals surface area (Å²) in [6.45, 7) is 0. The summed E-state index contributed by atoms with van der Waals surface area (Å²) in [5, 5.41) is 2.06. The molecule has 1 aromatic heterocycles. The van der Waals surface area contributed by atoms with E-state index >= 15 is 0 Å². The van der Waals surface area contributed by atoms with E-state index in [9.17, 15) is 0 Å². The largest absolute Gasteiger partial charge is 0.484 e. The number of fused-ring (bicyclic) bond motifs is 1. The minimum Gasteiger partial charge on any atom is -0.484 e. The zero-order valence-corrected chi connectivity index (χ0v) is 13.4. The third-order valence-corrected chi connectivity index (χ3v) is 5.50. The zero-order valence-electron chi connectivity index (χ0n) is 9.40. The van der Waals surface area contributed by atoms with Crippen LogP contribution in [0.1, 0.15) is 29.0 Å². The van der Waals surface area contributed by atoms with E-state index in [1.54, 1.807) is 11.3 Å². The second kappa shape index (κ2) is 4.96. The van der Waals surface area contributed by atoms with Crippen molar-refractivity contribution in [2.24, 2.45) is 5.73 Å². The average molecular weight is 389 g/mol. The van der Waals surface area contributed by atoms with Gasteiger partial charge in [0, 0.05) is 27.0 Å². The lowest BCUT2D eigenvalue weighted by molar-refractivity contribution is 0.164. The van der Waals surface area contributed by atoms with Gasteiger partial charge in [0.05, 0.1) is 4.88 Å². The molecular formula is C13H11Br2NOS. The Bertz CT molecular complexity index is 584. The fraction of sp³-hybridized carbons (Fsp3) is 0.231. The number of nitrogens with two attached hydrogens (primary N) is 1. The van der Waals surface area contributed by atoms with Crippen LogP contribution >= 0.6 is 43.2 Å². The van der Waals surface area contributed by atoms with Gasteiger partial charge in [-0.25, -0.2) is 0 Å². The Hall–Kier alpha value is -0.360. The highest BCUT2D eigenvalue weighted by molar-refractivity contribution is 9.10. The van der Waals surface area contributed by atoms with Crippen molar-refractivity contribution in [3.63, 3.8) is 0 Å². The van der Waals surface area contributed by atoms with Crippen LogP contribution in [-0.4, -0.2) is 0 Å². The molecule has 0 saturated carbocycles. The van der Waals surface area contributed by atoms with E-state index in [0.29, 0.717) is 0 Å². The smallest absolute Gasteiger partial charge is 0.136 e. The fourth-order valence-electron chi connectivity index (χ4n) is 2.17. The monoisotopic (exact) mass is 387 g/mol. The van der Waals surface area contributed by atoms with E-state index in [4.69, 9.17) is 10.5 Å². The van der Waals surface area contributed by atoms with Crippen molar-refractivity contribution in [3.8, 4) is 5.75 Å². The maximum Gasteiger partial charge on any atom is 0.136 e. The minimum atomic E-state index is 0.0187. The number of rotatable bonds is 1. The third kappa shape index (κ3) is 2.25. The molecule has 2 atom stereocenters. The predicted molar refractivity (Wildman–Crippen MR) is 81.1 cm³/mol.